The van der Waals surface area contributed by atoms with Crippen LogP contribution in [0.4, 0.5) is 5.69 Å². The number of carbonyl (C=O) groups is 2. The number of ether oxygens (including phenoxy) is 2. The van der Waals surface area contributed by atoms with E-state index in [9.17, 15) is 9.59 Å². The summed E-state index contributed by atoms with van der Waals surface area (Å²) in [5, 5.41) is 9.68. The Labute approximate surface area is 196 Å². The molecule has 4 rings (SSSR count). The number of para-hydroxylation sites is 3. The van der Waals surface area contributed by atoms with Crippen molar-refractivity contribution in [2.75, 3.05) is 18.1 Å². The van der Waals surface area contributed by atoms with Crippen LogP contribution >= 0.6 is 0 Å². The minimum atomic E-state index is -0.760. The van der Waals surface area contributed by atoms with Gasteiger partial charge >= 0.3 is 5.97 Å². The first kappa shape index (κ1) is 22.6. The SMILES string of the molecule is N#CCCN(C(=O)COC(=O)c1oc2ccccc2c1COc1ccccc1)c1ccccc1. The topological polar surface area (TPSA) is 92.8 Å². The van der Waals surface area contributed by atoms with Crippen molar-refractivity contribution in [3.05, 3.63) is 96.3 Å². The Balaban J connectivity index is 1.51. The van der Waals surface area contributed by atoms with Crippen LogP contribution in [0.5, 0.6) is 5.75 Å². The molecule has 0 aliphatic carbocycles. The Kier molecular flexibility index (Phi) is 7.21. The molecule has 3 aromatic carbocycles. The van der Waals surface area contributed by atoms with Crippen LogP contribution < -0.4 is 9.64 Å². The zero-order chi connectivity index (χ0) is 23.8. The molecule has 34 heavy (non-hydrogen) atoms. The highest BCUT2D eigenvalue weighted by atomic mass is 16.5. The van der Waals surface area contributed by atoms with Crippen LogP contribution in [-0.2, 0) is 16.1 Å². The molecular weight excluding hydrogens is 432 g/mol. The Morgan fingerprint density at radius 3 is 2.32 bits per heavy atom. The normalized spacial score (nSPS) is 10.4. The first-order valence-electron chi connectivity index (χ1n) is 10.7. The van der Waals surface area contributed by atoms with E-state index in [-0.39, 0.29) is 25.3 Å². The first-order chi connectivity index (χ1) is 16.7. The lowest BCUT2D eigenvalue weighted by Gasteiger charge is -2.21. The van der Waals surface area contributed by atoms with Gasteiger partial charge in [-0.05, 0) is 30.3 Å². The highest BCUT2D eigenvalue weighted by Gasteiger charge is 2.24. The van der Waals surface area contributed by atoms with Crippen molar-refractivity contribution in [2.24, 2.45) is 0 Å². The maximum absolute atomic E-state index is 12.9. The van der Waals surface area contributed by atoms with Crippen LogP contribution in [0.1, 0.15) is 22.5 Å². The quantitative estimate of drug-likeness (QED) is 0.326. The highest BCUT2D eigenvalue weighted by molar-refractivity contribution is 5.99. The third kappa shape index (κ3) is 5.25. The van der Waals surface area contributed by atoms with Crippen LogP contribution in [0.25, 0.3) is 11.0 Å². The third-order valence-electron chi connectivity index (χ3n) is 5.15. The fourth-order valence-corrected chi connectivity index (χ4v) is 3.52. The van der Waals surface area contributed by atoms with Gasteiger partial charge in [-0.2, -0.15) is 5.26 Å². The number of amides is 1. The van der Waals surface area contributed by atoms with Gasteiger partial charge in [0.15, 0.2) is 6.61 Å². The zero-order valence-corrected chi connectivity index (χ0v) is 18.3. The largest absolute Gasteiger partial charge is 0.489 e. The van der Waals surface area contributed by atoms with Gasteiger partial charge in [0, 0.05) is 17.6 Å². The Bertz CT molecular complexity index is 1310. The Morgan fingerprint density at radius 2 is 1.59 bits per heavy atom. The van der Waals surface area contributed by atoms with E-state index in [0.29, 0.717) is 22.6 Å². The molecule has 0 aliphatic rings. The molecule has 7 heteroatoms. The number of furan rings is 1. The average molecular weight is 454 g/mol. The second kappa shape index (κ2) is 10.8. The van der Waals surface area contributed by atoms with Crippen molar-refractivity contribution >= 4 is 28.5 Å². The van der Waals surface area contributed by atoms with Gasteiger partial charge in [0.2, 0.25) is 5.76 Å². The summed E-state index contributed by atoms with van der Waals surface area (Å²) in [4.78, 5) is 27.2. The maximum atomic E-state index is 12.9. The fourth-order valence-electron chi connectivity index (χ4n) is 3.52. The molecule has 0 radical (unpaired) electrons. The summed E-state index contributed by atoms with van der Waals surface area (Å²) in [6.07, 6.45) is 0.152. The summed E-state index contributed by atoms with van der Waals surface area (Å²) >= 11 is 0. The second-order valence-corrected chi connectivity index (χ2v) is 7.37. The van der Waals surface area contributed by atoms with Gasteiger partial charge in [0.1, 0.15) is 17.9 Å². The third-order valence-corrected chi connectivity index (χ3v) is 5.15. The van der Waals surface area contributed by atoms with E-state index >= 15 is 0 Å². The average Bonchev–Trinajstić information content (AvgIpc) is 3.26. The van der Waals surface area contributed by atoms with Crippen molar-refractivity contribution in [3.63, 3.8) is 0 Å². The molecule has 0 saturated heterocycles. The molecule has 0 unspecified atom stereocenters. The second-order valence-electron chi connectivity index (χ2n) is 7.37. The molecule has 1 aromatic heterocycles. The van der Waals surface area contributed by atoms with Gasteiger partial charge in [0.25, 0.3) is 5.91 Å². The minimum absolute atomic E-state index is 0.00628. The van der Waals surface area contributed by atoms with Gasteiger partial charge in [-0.3, -0.25) is 4.79 Å². The van der Waals surface area contributed by atoms with E-state index in [0.717, 1.165) is 5.39 Å². The van der Waals surface area contributed by atoms with Gasteiger partial charge in [-0.15, -0.1) is 0 Å². The maximum Gasteiger partial charge on any atom is 0.375 e. The standard InChI is InChI=1S/C27H22N2O5/c28-16-9-17-29(20-10-3-1-4-11-20)25(30)19-33-27(31)26-23(18-32-21-12-5-2-6-13-21)22-14-7-8-15-24(22)34-26/h1-8,10-15H,9,17-19H2. The molecule has 0 N–H and O–H groups in total. The predicted molar refractivity (Wildman–Crippen MR) is 126 cm³/mol. The predicted octanol–water partition coefficient (Wildman–Crippen LogP) is 5.12. The molecule has 0 spiro atoms. The van der Waals surface area contributed by atoms with Crippen LogP contribution in [-0.4, -0.2) is 25.0 Å². The molecule has 0 saturated carbocycles. The summed E-state index contributed by atoms with van der Waals surface area (Å²) in [5.41, 5.74) is 1.69. The van der Waals surface area contributed by atoms with Crippen molar-refractivity contribution in [1.82, 2.24) is 0 Å². The lowest BCUT2D eigenvalue weighted by Crippen LogP contribution is -2.35. The Morgan fingerprint density at radius 1 is 0.912 bits per heavy atom. The molecule has 1 heterocycles. The van der Waals surface area contributed by atoms with Crippen LogP contribution in [0.2, 0.25) is 0 Å². The number of anilines is 1. The molecule has 0 atom stereocenters. The summed E-state index contributed by atoms with van der Waals surface area (Å²) in [6.45, 7) is -0.204. The summed E-state index contributed by atoms with van der Waals surface area (Å²) in [6, 6.07) is 27.4. The monoisotopic (exact) mass is 454 g/mol. The number of nitriles is 1. The minimum Gasteiger partial charge on any atom is -0.489 e. The number of carbonyl (C=O) groups excluding carboxylic acids is 2. The molecule has 7 nitrogen and oxygen atoms in total. The molecule has 0 fully saturated rings. The molecular formula is C27H22N2O5. The molecule has 4 aromatic rings. The molecule has 170 valence electrons. The van der Waals surface area contributed by atoms with E-state index < -0.39 is 18.5 Å². The number of fused-ring (bicyclic) bond motifs is 1. The van der Waals surface area contributed by atoms with E-state index in [2.05, 4.69) is 0 Å². The summed E-state index contributed by atoms with van der Waals surface area (Å²) < 4.78 is 16.9. The number of benzene rings is 3. The van der Waals surface area contributed by atoms with Gasteiger partial charge < -0.3 is 18.8 Å². The smallest absolute Gasteiger partial charge is 0.375 e. The fraction of sp³-hybridized carbons (Fsp3) is 0.148. The van der Waals surface area contributed by atoms with E-state index in [4.69, 9.17) is 19.2 Å². The van der Waals surface area contributed by atoms with Crippen LogP contribution in [0, 0.1) is 11.3 Å². The highest BCUT2D eigenvalue weighted by Crippen LogP contribution is 2.28. The van der Waals surface area contributed by atoms with Gasteiger partial charge in [-0.25, -0.2) is 4.79 Å². The van der Waals surface area contributed by atoms with Gasteiger partial charge in [0.05, 0.1) is 18.1 Å². The number of hydrogen-bond donors (Lipinski definition) is 0. The summed E-state index contributed by atoms with van der Waals surface area (Å²) in [7, 11) is 0. The number of esters is 1. The molecule has 0 bridgehead atoms. The Hall–Kier alpha value is -4.57. The number of nitrogens with zero attached hydrogens (tertiary/aromatic N) is 2. The number of hydrogen-bond acceptors (Lipinski definition) is 6. The lowest BCUT2D eigenvalue weighted by molar-refractivity contribution is -0.121. The molecule has 0 aliphatic heterocycles. The van der Waals surface area contributed by atoms with Crippen LogP contribution in [0.3, 0.4) is 0 Å². The first-order valence-corrected chi connectivity index (χ1v) is 10.7. The number of rotatable bonds is 9. The van der Waals surface area contributed by atoms with Crippen molar-refractivity contribution in [3.8, 4) is 11.8 Å². The van der Waals surface area contributed by atoms with E-state index in [1.165, 1.54) is 4.90 Å². The van der Waals surface area contributed by atoms with E-state index in [1.807, 2.05) is 54.6 Å². The van der Waals surface area contributed by atoms with Crippen molar-refractivity contribution in [1.29, 1.82) is 5.26 Å². The van der Waals surface area contributed by atoms with E-state index in [1.54, 1.807) is 36.4 Å². The van der Waals surface area contributed by atoms with Crippen molar-refractivity contribution in [2.45, 2.75) is 13.0 Å². The van der Waals surface area contributed by atoms with Crippen molar-refractivity contribution < 1.29 is 23.5 Å². The van der Waals surface area contributed by atoms with Gasteiger partial charge in [-0.1, -0.05) is 54.6 Å². The summed E-state index contributed by atoms with van der Waals surface area (Å²) in [5.74, 6) is -0.552. The lowest BCUT2D eigenvalue weighted by atomic mass is 10.1. The van der Waals surface area contributed by atoms with Crippen LogP contribution in [0.15, 0.2) is 89.3 Å². The molecule has 1 amide bonds. The zero-order valence-electron chi connectivity index (χ0n) is 18.3.